The summed E-state index contributed by atoms with van der Waals surface area (Å²) >= 11 is 7.47. The number of amides is 1. The first kappa shape index (κ1) is 20.9. The minimum atomic E-state index is -0.462. The van der Waals surface area contributed by atoms with E-state index in [-0.39, 0.29) is 29.4 Å². The van der Waals surface area contributed by atoms with Gasteiger partial charge in [0.25, 0.3) is 5.56 Å². The molecule has 0 aliphatic heterocycles. The highest BCUT2D eigenvalue weighted by Gasteiger charge is 2.10. The van der Waals surface area contributed by atoms with E-state index >= 15 is 0 Å². The van der Waals surface area contributed by atoms with Crippen LogP contribution >= 0.6 is 34.2 Å². The summed E-state index contributed by atoms with van der Waals surface area (Å²) in [6.07, 6.45) is 2.60. The summed E-state index contributed by atoms with van der Waals surface area (Å²) in [6.45, 7) is 0.216. The molecule has 0 aliphatic rings. The van der Waals surface area contributed by atoms with Gasteiger partial charge in [0.15, 0.2) is 0 Å². The van der Waals surface area contributed by atoms with Crippen molar-refractivity contribution in [1.29, 1.82) is 0 Å². The van der Waals surface area contributed by atoms with Crippen LogP contribution in [0.4, 0.5) is 5.69 Å². The van der Waals surface area contributed by atoms with Crippen LogP contribution in [0.15, 0.2) is 57.8 Å². The van der Waals surface area contributed by atoms with Crippen molar-refractivity contribution in [2.24, 2.45) is 4.99 Å². The number of anilines is 1. The van der Waals surface area contributed by atoms with E-state index in [1.165, 1.54) is 12.3 Å². The summed E-state index contributed by atoms with van der Waals surface area (Å²) in [7, 11) is 0. The standard InChI is InChI=1S/C20H15ClIN3O4/c21-6-5-18(27)24-16-4-1-11(7-17(16)26)9-23-10-15-14-8-12(22)2-3-13(14)19(28)25-20(15)29/h1-8,10,26H,9H2,(H,24,27)(H2,25,28,29). The molecule has 0 unspecified atom stereocenters. The van der Waals surface area contributed by atoms with Gasteiger partial charge in [0.2, 0.25) is 11.8 Å². The summed E-state index contributed by atoms with van der Waals surface area (Å²) in [6, 6.07) is 10.0. The van der Waals surface area contributed by atoms with Gasteiger partial charge in [-0.3, -0.25) is 19.6 Å². The number of hydrogen-bond donors (Lipinski definition) is 4. The third kappa shape index (κ3) is 4.96. The van der Waals surface area contributed by atoms with Crippen LogP contribution in [-0.2, 0) is 11.3 Å². The lowest BCUT2D eigenvalue weighted by Crippen LogP contribution is -2.08. The maximum absolute atomic E-state index is 12.0. The Labute approximate surface area is 183 Å². The van der Waals surface area contributed by atoms with Crippen molar-refractivity contribution in [1.82, 2.24) is 4.98 Å². The quantitative estimate of drug-likeness (QED) is 0.176. The van der Waals surface area contributed by atoms with Crippen LogP contribution in [0.5, 0.6) is 11.6 Å². The summed E-state index contributed by atoms with van der Waals surface area (Å²) in [4.78, 5) is 30.2. The highest BCUT2D eigenvalue weighted by Crippen LogP contribution is 2.25. The number of aliphatic imine (C=N–C) groups is 1. The number of rotatable bonds is 5. The maximum atomic E-state index is 12.0. The monoisotopic (exact) mass is 523 g/mol. The average Bonchev–Trinajstić information content (AvgIpc) is 2.66. The third-order valence-electron chi connectivity index (χ3n) is 4.03. The SMILES string of the molecule is O=C(C=CCl)Nc1ccc(CN=Cc2c(O)[nH]c(=O)c3ccc(I)cc23)cc1O. The van der Waals surface area contributed by atoms with Crippen LogP contribution in [0.25, 0.3) is 10.8 Å². The molecule has 0 saturated heterocycles. The number of H-pyrrole nitrogens is 1. The van der Waals surface area contributed by atoms with Gasteiger partial charge in [0.05, 0.1) is 17.8 Å². The molecule has 7 nitrogen and oxygen atoms in total. The van der Waals surface area contributed by atoms with Crippen molar-refractivity contribution in [3.63, 3.8) is 0 Å². The molecular weight excluding hydrogens is 509 g/mol. The molecule has 0 spiro atoms. The highest BCUT2D eigenvalue weighted by molar-refractivity contribution is 14.1. The Morgan fingerprint density at radius 1 is 1.21 bits per heavy atom. The van der Waals surface area contributed by atoms with E-state index < -0.39 is 5.91 Å². The number of aromatic amines is 1. The number of hydrogen-bond acceptors (Lipinski definition) is 5. The zero-order valence-corrected chi connectivity index (χ0v) is 17.7. The minimum Gasteiger partial charge on any atom is -0.506 e. The molecule has 3 aromatic rings. The molecule has 1 amide bonds. The second kappa shape index (κ2) is 9.10. The van der Waals surface area contributed by atoms with Crippen molar-refractivity contribution in [3.8, 4) is 11.6 Å². The predicted octanol–water partition coefficient (Wildman–Crippen LogP) is 3.85. The molecule has 9 heteroatoms. The Kier molecular flexibility index (Phi) is 6.55. The molecule has 0 atom stereocenters. The summed E-state index contributed by atoms with van der Waals surface area (Å²) in [5.74, 6) is -0.835. The Bertz CT molecular complexity index is 1200. The fraction of sp³-hybridized carbons (Fsp3) is 0.0500. The van der Waals surface area contributed by atoms with Gasteiger partial charge >= 0.3 is 0 Å². The molecular formula is C20H15ClIN3O4. The zero-order chi connectivity index (χ0) is 21.0. The Morgan fingerprint density at radius 3 is 2.72 bits per heavy atom. The number of phenols is 1. The average molecular weight is 524 g/mol. The number of nitrogens with one attached hydrogen (secondary N) is 2. The number of benzene rings is 2. The molecule has 0 aliphatic carbocycles. The lowest BCUT2D eigenvalue weighted by molar-refractivity contribution is -0.111. The lowest BCUT2D eigenvalue weighted by Gasteiger charge is -2.07. The highest BCUT2D eigenvalue weighted by atomic mass is 127. The number of pyridine rings is 1. The predicted molar refractivity (Wildman–Crippen MR) is 122 cm³/mol. The molecule has 0 radical (unpaired) electrons. The second-order valence-corrected chi connectivity index (χ2v) is 7.51. The van der Waals surface area contributed by atoms with Gasteiger partial charge in [0, 0.05) is 32.2 Å². The second-order valence-electron chi connectivity index (χ2n) is 6.01. The smallest absolute Gasteiger partial charge is 0.258 e. The Morgan fingerprint density at radius 2 is 2.00 bits per heavy atom. The normalized spacial score (nSPS) is 11.5. The molecule has 29 heavy (non-hydrogen) atoms. The largest absolute Gasteiger partial charge is 0.506 e. The number of phenolic OH excluding ortho intramolecular Hbond substituents is 1. The molecule has 1 heterocycles. The van der Waals surface area contributed by atoms with Crippen molar-refractivity contribution >= 4 is 62.8 Å². The molecule has 0 bridgehead atoms. The van der Waals surface area contributed by atoms with Crippen LogP contribution in [0, 0.1) is 3.57 Å². The van der Waals surface area contributed by atoms with Crippen molar-refractivity contribution in [2.45, 2.75) is 6.54 Å². The van der Waals surface area contributed by atoms with E-state index in [0.29, 0.717) is 21.9 Å². The van der Waals surface area contributed by atoms with Gasteiger partial charge in [-0.05, 0) is 58.5 Å². The van der Waals surface area contributed by atoms with E-state index in [4.69, 9.17) is 11.6 Å². The molecule has 2 aromatic carbocycles. The molecule has 4 N–H and O–H groups in total. The molecule has 3 rings (SSSR count). The van der Waals surface area contributed by atoms with Crippen LogP contribution in [-0.4, -0.2) is 27.3 Å². The van der Waals surface area contributed by atoms with Crippen molar-refractivity contribution < 1.29 is 15.0 Å². The van der Waals surface area contributed by atoms with Crippen molar-refractivity contribution in [2.75, 3.05) is 5.32 Å². The third-order valence-corrected chi connectivity index (χ3v) is 4.83. The first-order valence-electron chi connectivity index (χ1n) is 8.33. The number of carbonyl (C=O) groups excluding carboxylic acids is 1. The molecule has 0 fully saturated rings. The number of halogens is 2. The first-order chi connectivity index (χ1) is 13.9. The van der Waals surface area contributed by atoms with Gasteiger partial charge in [-0.15, -0.1) is 0 Å². The summed E-state index contributed by atoms with van der Waals surface area (Å²) in [5.41, 5.74) is 2.03. The topological polar surface area (TPSA) is 115 Å². The number of carbonyl (C=O) groups is 1. The molecule has 1 aromatic heterocycles. The van der Waals surface area contributed by atoms with E-state index in [0.717, 1.165) is 15.2 Å². The Balaban J connectivity index is 1.83. The number of nitrogens with zero attached hydrogens (tertiary/aromatic N) is 1. The Hall–Kier alpha value is -2.85. The minimum absolute atomic E-state index is 0.110. The van der Waals surface area contributed by atoms with E-state index in [1.807, 2.05) is 6.07 Å². The molecule has 148 valence electrons. The first-order valence-corrected chi connectivity index (χ1v) is 9.84. The van der Waals surface area contributed by atoms with Gasteiger partial charge in [-0.1, -0.05) is 17.7 Å². The van der Waals surface area contributed by atoms with E-state index in [2.05, 4.69) is 37.9 Å². The fourth-order valence-electron chi connectivity index (χ4n) is 2.69. The van der Waals surface area contributed by atoms with Gasteiger partial charge in [0.1, 0.15) is 5.75 Å². The lowest BCUT2D eigenvalue weighted by atomic mass is 10.1. The zero-order valence-electron chi connectivity index (χ0n) is 14.8. The number of aromatic nitrogens is 1. The summed E-state index contributed by atoms with van der Waals surface area (Å²) < 4.78 is 0.918. The van der Waals surface area contributed by atoms with Crippen LogP contribution < -0.4 is 10.9 Å². The van der Waals surface area contributed by atoms with Gasteiger partial charge in [-0.25, -0.2) is 0 Å². The summed E-state index contributed by atoms with van der Waals surface area (Å²) in [5, 5.41) is 23.7. The number of fused-ring (bicyclic) bond motifs is 1. The number of aromatic hydroxyl groups is 2. The maximum Gasteiger partial charge on any atom is 0.258 e. The van der Waals surface area contributed by atoms with Crippen LogP contribution in [0.3, 0.4) is 0 Å². The van der Waals surface area contributed by atoms with Crippen LogP contribution in [0.2, 0.25) is 0 Å². The molecule has 0 saturated carbocycles. The van der Waals surface area contributed by atoms with Gasteiger partial charge < -0.3 is 15.5 Å². The van der Waals surface area contributed by atoms with Crippen LogP contribution in [0.1, 0.15) is 11.1 Å². The van der Waals surface area contributed by atoms with Crippen molar-refractivity contribution in [3.05, 3.63) is 73.1 Å². The van der Waals surface area contributed by atoms with E-state index in [1.54, 1.807) is 24.3 Å². The fourth-order valence-corrected chi connectivity index (χ4v) is 3.30. The van der Waals surface area contributed by atoms with E-state index in [9.17, 15) is 19.8 Å². The van der Waals surface area contributed by atoms with Gasteiger partial charge in [-0.2, -0.15) is 0 Å².